The number of carbonyl (C=O) groups is 3. The zero-order chi connectivity index (χ0) is 32.4. The molecule has 0 saturated heterocycles. The molecule has 5 aromatic rings. The summed E-state index contributed by atoms with van der Waals surface area (Å²) in [5.74, 6) is -0.854. The van der Waals surface area contributed by atoms with Gasteiger partial charge in [0.15, 0.2) is 34.2 Å². The van der Waals surface area contributed by atoms with Gasteiger partial charge in [0.1, 0.15) is 35.8 Å². The molecule has 0 aliphatic carbocycles. The molecule has 234 valence electrons. The Hall–Kier alpha value is -5.65. The van der Waals surface area contributed by atoms with Crippen molar-refractivity contribution >= 4 is 39.5 Å². The molecule has 12 heteroatoms. The van der Waals surface area contributed by atoms with E-state index in [1.807, 2.05) is 0 Å². The van der Waals surface area contributed by atoms with E-state index in [1.54, 1.807) is 24.3 Å². The van der Waals surface area contributed by atoms with Crippen LogP contribution in [0.1, 0.15) is 56.0 Å². The van der Waals surface area contributed by atoms with Gasteiger partial charge in [-0.2, -0.15) is 0 Å². The Morgan fingerprint density at radius 1 is 0.644 bits per heavy atom. The largest absolute Gasteiger partial charge is 0.495 e. The van der Waals surface area contributed by atoms with Crippen LogP contribution in [0.5, 0.6) is 34.5 Å². The molecule has 0 unspecified atom stereocenters. The van der Waals surface area contributed by atoms with E-state index in [2.05, 4.69) is 0 Å². The normalized spacial score (nSPS) is 11.0. The number of methoxy groups -OCH3 is 4. The lowest BCUT2D eigenvalue weighted by molar-refractivity contribution is 0.0693. The van der Waals surface area contributed by atoms with E-state index < -0.39 is 5.97 Å². The Balaban J connectivity index is 1.49. The molecule has 0 saturated carbocycles. The third-order valence-electron chi connectivity index (χ3n) is 7.23. The first-order valence-electron chi connectivity index (χ1n) is 13.6. The van der Waals surface area contributed by atoms with Crippen molar-refractivity contribution in [3.8, 4) is 34.5 Å². The SMILES string of the molecule is COc1c(C(C)=O)c(OCc2ccc(COc3c(C(C)=O)c(OC)c4ccoc4c3OC)c(C(=O)O)c2)c(OC)c2occc12. The van der Waals surface area contributed by atoms with Crippen LogP contribution in [0.4, 0.5) is 0 Å². The van der Waals surface area contributed by atoms with Crippen LogP contribution in [0.15, 0.2) is 51.7 Å². The number of carboxylic acid groups (broad SMARTS) is 1. The number of aromatic carboxylic acids is 1. The minimum Gasteiger partial charge on any atom is -0.495 e. The standard InChI is InChI=1S/C33H30O12/c1-16(34)23-25(38-3)20-9-11-42-27(20)31(40-5)29(23)44-14-18-7-8-19(22(13-18)33(36)37)15-45-30-24(17(2)35)26(39-4)21-10-12-43-28(21)32(30)41-6/h7-13H,14-15H2,1-6H3,(H,36,37). The third-order valence-corrected chi connectivity index (χ3v) is 7.23. The molecule has 0 radical (unpaired) electrons. The summed E-state index contributed by atoms with van der Waals surface area (Å²) in [5, 5.41) is 11.1. The summed E-state index contributed by atoms with van der Waals surface area (Å²) in [7, 11) is 5.68. The smallest absolute Gasteiger partial charge is 0.336 e. The number of hydrogen-bond acceptors (Lipinski definition) is 11. The summed E-state index contributed by atoms with van der Waals surface area (Å²) < 4.78 is 45.4. The van der Waals surface area contributed by atoms with Gasteiger partial charge in [0, 0.05) is 5.56 Å². The van der Waals surface area contributed by atoms with Crippen molar-refractivity contribution < 1.29 is 56.7 Å². The molecule has 0 aliphatic heterocycles. The summed E-state index contributed by atoms with van der Waals surface area (Å²) in [6.45, 7) is 2.38. The first-order valence-corrected chi connectivity index (χ1v) is 13.6. The van der Waals surface area contributed by atoms with Crippen molar-refractivity contribution in [2.75, 3.05) is 28.4 Å². The monoisotopic (exact) mass is 618 g/mol. The predicted molar refractivity (Wildman–Crippen MR) is 161 cm³/mol. The number of rotatable bonds is 13. The maximum atomic E-state index is 12.7. The second kappa shape index (κ2) is 12.5. The van der Waals surface area contributed by atoms with Crippen LogP contribution < -0.4 is 28.4 Å². The molecule has 0 fully saturated rings. The Kier molecular flexibility index (Phi) is 8.57. The zero-order valence-corrected chi connectivity index (χ0v) is 25.4. The van der Waals surface area contributed by atoms with Gasteiger partial charge in [-0.05, 0) is 37.6 Å². The molecule has 5 rings (SSSR count). The van der Waals surface area contributed by atoms with E-state index >= 15 is 0 Å². The minimum absolute atomic E-state index is 0.0548. The predicted octanol–water partition coefficient (Wildman–Crippen LogP) is 6.47. The van der Waals surface area contributed by atoms with Crippen molar-refractivity contribution in [2.24, 2.45) is 0 Å². The molecule has 2 heterocycles. The molecule has 12 nitrogen and oxygen atoms in total. The lowest BCUT2D eigenvalue weighted by Crippen LogP contribution is -2.11. The van der Waals surface area contributed by atoms with Gasteiger partial charge >= 0.3 is 5.97 Å². The highest BCUT2D eigenvalue weighted by Crippen LogP contribution is 2.48. The first kappa shape index (κ1) is 30.8. The molecule has 0 amide bonds. The number of carbonyl (C=O) groups excluding carboxylic acids is 2. The van der Waals surface area contributed by atoms with Gasteiger partial charge in [-0.15, -0.1) is 0 Å². The summed E-state index contributed by atoms with van der Waals surface area (Å²) in [4.78, 5) is 37.7. The fourth-order valence-electron chi connectivity index (χ4n) is 5.29. The Morgan fingerprint density at radius 2 is 1.11 bits per heavy atom. The van der Waals surface area contributed by atoms with Gasteiger partial charge in [0.2, 0.25) is 11.5 Å². The van der Waals surface area contributed by atoms with Gasteiger partial charge in [-0.25, -0.2) is 4.79 Å². The average Bonchev–Trinajstić information content (AvgIpc) is 3.71. The van der Waals surface area contributed by atoms with Gasteiger partial charge in [0.05, 0.1) is 57.3 Å². The first-order chi connectivity index (χ1) is 21.7. The maximum absolute atomic E-state index is 12.7. The third kappa shape index (κ3) is 5.35. The second-order valence-corrected chi connectivity index (χ2v) is 9.85. The second-order valence-electron chi connectivity index (χ2n) is 9.85. The lowest BCUT2D eigenvalue weighted by atomic mass is 10.0. The Labute approximate surface area is 256 Å². The van der Waals surface area contributed by atoms with E-state index in [-0.39, 0.29) is 76.0 Å². The van der Waals surface area contributed by atoms with Crippen molar-refractivity contribution in [3.05, 3.63) is 70.7 Å². The van der Waals surface area contributed by atoms with Crippen molar-refractivity contribution in [3.63, 3.8) is 0 Å². The van der Waals surface area contributed by atoms with Crippen LogP contribution in [0, 0.1) is 0 Å². The molecular formula is C33H30O12. The van der Waals surface area contributed by atoms with Crippen LogP contribution in [-0.4, -0.2) is 51.1 Å². The van der Waals surface area contributed by atoms with E-state index in [0.717, 1.165) is 0 Å². The molecule has 0 atom stereocenters. The number of ketones is 2. The maximum Gasteiger partial charge on any atom is 0.336 e. The van der Waals surface area contributed by atoms with Crippen molar-refractivity contribution in [1.82, 2.24) is 0 Å². The zero-order valence-electron chi connectivity index (χ0n) is 25.4. The van der Waals surface area contributed by atoms with E-state index in [0.29, 0.717) is 33.1 Å². The summed E-state index contributed by atoms with van der Waals surface area (Å²) in [6.07, 6.45) is 2.88. The number of benzene rings is 3. The molecule has 1 N–H and O–H groups in total. The van der Waals surface area contributed by atoms with Gasteiger partial charge in [-0.3, -0.25) is 9.59 Å². The Morgan fingerprint density at radius 3 is 1.53 bits per heavy atom. The highest BCUT2D eigenvalue weighted by atomic mass is 16.5. The summed E-state index contributed by atoms with van der Waals surface area (Å²) >= 11 is 0. The average molecular weight is 619 g/mol. The molecule has 0 spiro atoms. The van der Waals surface area contributed by atoms with Crippen LogP contribution in [0.25, 0.3) is 21.9 Å². The minimum atomic E-state index is -1.21. The highest BCUT2D eigenvalue weighted by Gasteiger charge is 2.29. The van der Waals surface area contributed by atoms with Crippen LogP contribution in [0.2, 0.25) is 0 Å². The van der Waals surface area contributed by atoms with E-state index in [9.17, 15) is 19.5 Å². The summed E-state index contributed by atoms with van der Waals surface area (Å²) in [6, 6.07) is 7.97. The van der Waals surface area contributed by atoms with Gasteiger partial charge in [0.25, 0.3) is 0 Å². The molecule has 0 aliphatic rings. The van der Waals surface area contributed by atoms with Crippen molar-refractivity contribution in [1.29, 1.82) is 0 Å². The molecular weight excluding hydrogens is 588 g/mol. The number of furan rings is 2. The topological polar surface area (TPSA) is 153 Å². The number of ether oxygens (including phenoxy) is 6. The van der Waals surface area contributed by atoms with Crippen LogP contribution in [-0.2, 0) is 13.2 Å². The van der Waals surface area contributed by atoms with E-state index in [1.165, 1.54) is 60.9 Å². The van der Waals surface area contributed by atoms with Crippen LogP contribution in [0.3, 0.4) is 0 Å². The lowest BCUT2D eigenvalue weighted by Gasteiger charge is -2.19. The number of Topliss-reactive ketones (excluding diaryl/α,β-unsaturated/α-hetero) is 2. The number of hydrogen-bond donors (Lipinski definition) is 1. The van der Waals surface area contributed by atoms with Crippen LogP contribution >= 0.6 is 0 Å². The Bertz CT molecular complexity index is 1940. The van der Waals surface area contributed by atoms with Gasteiger partial charge in [-0.1, -0.05) is 12.1 Å². The number of carboxylic acids is 1. The fourth-order valence-corrected chi connectivity index (χ4v) is 5.29. The van der Waals surface area contributed by atoms with E-state index in [4.69, 9.17) is 37.3 Å². The molecule has 0 bridgehead atoms. The summed E-state index contributed by atoms with van der Waals surface area (Å²) in [5.41, 5.74) is 1.65. The quantitative estimate of drug-likeness (QED) is 0.144. The van der Waals surface area contributed by atoms with Gasteiger partial charge < -0.3 is 42.4 Å². The molecule has 3 aromatic carbocycles. The van der Waals surface area contributed by atoms with Crippen molar-refractivity contribution in [2.45, 2.75) is 27.1 Å². The number of fused-ring (bicyclic) bond motifs is 2. The fraction of sp³-hybridized carbons (Fsp3) is 0.242. The highest BCUT2D eigenvalue weighted by molar-refractivity contribution is 6.09. The molecule has 2 aromatic heterocycles. The molecule has 45 heavy (non-hydrogen) atoms.